The van der Waals surface area contributed by atoms with E-state index >= 15 is 0 Å². The molecule has 0 heterocycles. The van der Waals surface area contributed by atoms with Gasteiger partial charge in [-0.3, -0.25) is 9.59 Å². The number of hydrogen-bond donors (Lipinski definition) is 2. The van der Waals surface area contributed by atoms with Crippen molar-refractivity contribution in [2.75, 3.05) is 51.0 Å². The summed E-state index contributed by atoms with van der Waals surface area (Å²) in [6.07, 6.45) is 4.60. The van der Waals surface area contributed by atoms with Crippen LogP contribution < -0.4 is 10.6 Å². The highest BCUT2D eigenvalue weighted by molar-refractivity contribution is 8.55. The molecule has 0 aliphatic heterocycles. The SMILES string of the molecule is CCOP(=O)(OCC)SCC(=O)NCCCCCCCNC(=O)CSP(=O)(OCC)OCC. The lowest BCUT2D eigenvalue weighted by Crippen LogP contribution is -2.26. The Morgan fingerprint density at radius 3 is 1.21 bits per heavy atom. The average molecular weight is 551 g/mol. The Morgan fingerprint density at radius 1 is 0.606 bits per heavy atom. The number of rotatable bonds is 22. The molecule has 0 fully saturated rings. The zero-order valence-electron chi connectivity index (χ0n) is 20.2. The van der Waals surface area contributed by atoms with E-state index in [1.165, 1.54) is 0 Å². The molecule has 33 heavy (non-hydrogen) atoms. The summed E-state index contributed by atoms with van der Waals surface area (Å²) in [6.45, 7) is 2.55. The highest BCUT2D eigenvalue weighted by Gasteiger charge is 2.26. The van der Waals surface area contributed by atoms with E-state index in [4.69, 9.17) is 18.1 Å². The molecule has 0 aromatic rings. The monoisotopic (exact) mass is 550 g/mol. The summed E-state index contributed by atoms with van der Waals surface area (Å²) in [5.41, 5.74) is 0. The molecule has 0 bridgehead atoms. The molecule has 14 heteroatoms. The van der Waals surface area contributed by atoms with E-state index in [0.29, 0.717) is 13.1 Å². The van der Waals surface area contributed by atoms with E-state index in [0.717, 1.165) is 54.9 Å². The van der Waals surface area contributed by atoms with Crippen LogP contribution in [0.5, 0.6) is 0 Å². The largest absolute Gasteiger partial charge is 0.389 e. The van der Waals surface area contributed by atoms with Crippen molar-refractivity contribution in [3.05, 3.63) is 0 Å². The van der Waals surface area contributed by atoms with E-state index in [1.807, 2.05) is 0 Å². The minimum absolute atomic E-state index is 0.0276. The standard InChI is InChI=1S/C19H40N2O8P2S2/c1-5-26-30(24,27-6-2)32-16-18(22)20-14-12-10-9-11-13-15-21-19(23)17-33-31(25,28-7-3)29-8-4/h5-17H2,1-4H3,(H,20,22)(H,21,23). The molecule has 0 radical (unpaired) electrons. The first kappa shape index (κ1) is 32.9. The quantitative estimate of drug-likeness (QED) is 0.140. The van der Waals surface area contributed by atoms with Crippen molar-refractivity contribution in [1.82, 2.24) is 10.6 Å². The molecule has 0 unspecified atom stereocenters. The van der Waals surface area contributed by atoms with Crippen molar-refractivity contribution in [3.8, 4) is 0 Å². The summed E-state index contributed by atoms with van der Waals surface area (Å²) >= 11 is 1.81. The molecule has 0 saturated carbocycles. The predicted octanol–water partition coefficient (Wildman–Crippen LogP) is 5.00. The van der Waals surface area contributed by atoms with Crippen molar-refractivity contribution < 1.29 is 36.8 Å². The lowest BCUT2D eigenvalue weighted by atomic mass is 10.1. The first-order chi connectivity index (χ1) is 15.7. The molecule has 0 saturated heterocycles. The minimum Gasteiger partial charge on any atom is -0.355 e. The van der Waals surface area contributed by atoms with Crippen LogP contribution in [0, 0.1) is 0 Å². The first-order valence-electron chi connectivity index (χ1n) is 11.3. The van der Waals surface area contributed by atoms with Crippen LogP contribution in [0.1, 0.15) is 59.8 Å². The zero-order valence-corrected chi connectivity index (χ0v) is 23.6. The van der Waals surface area contributed by atoms with Gasteiger partial charge in [0.1, 0.15) is 0 Å². The fourth-order valence-corrected chi connectivity index (χ4v) is 8.75. The molecule has 0 atom stereocenters. The second kappa shape index (κ2) is 20.2. The zero-order chi connectivity index (χ0) is 25.0. The summed E-state index contributed by atoms with van der Waals surface area (Å²) in [5, 5.41) is 5.61. The van der Waals surface area contributed by atoms with Crippen molar-refractivity contribution in [2.45, 2.75) is 59.8 Å². The van der Waals surface area contributed by atoms with Gasteiger partial charge in [0.05, 0.1) is 37.9 Å². The van der Waals surface area contributed by atoms with Crippen LogP contribution in [-0.2, 0) is 36.8 Å². The van der Waals surface area contributed by atoms with Crippen molar-refractivity contribution in [2.24, 2.45) is 0 Å². The van der Waals surface area contributed by atoms with Crippen LogP contribution >= 0.6 is 36.4 Å². The number of unbranched alkanes of at least 4 members (excludes halogenated alkanes) is 4. The van der Waals surface area contributed by atoms with Gasteiger partial charge in [0.2, 0.25) is 11.8 Å². The van der Waals surface area contributed by atoms with Crippen molar-refractivity contribution in [3.63, 3.8) is 0 Å². The molecule has 0 aromatic carbocycles. The molecule has 10 nitrogen and oxygen atoms in total. The van der Waals surface area contributed by atoms with Gasteiger partial charge in [-0.15, -0.1) is 0 Å². The highest BCUT2D eigenvalue weighted by Crippen LogP contribution is 2.60. The topological polar surface area (TPSA) is 129 Å². The van der Waals surface area contributed by atoms with Gasteiger partial charge in [0.15, 0.2) is 0 Å². The van der Waals surface area contributed by atoms with E-state index in [1.54, 1.807) is 27.7 Å². The predicted molar refractivity (Wildman–Crippen MR) is 136 cm³/mol. The van der Waals surface area contributed by atoms with E-state index < -0.39 is 13.6 Å². The Kier molecular flexibility index (Phi) is 20.1. The maximum atomic E-state index is 12.3. The molecule has 2 amide bonds. The maximum Gasteiger partial charge on any atom is 0.389 e. The minimum atomic E-state index is -3.26. The maximum absolute atomic E-state index is 12.3. The van der Waals surface area contributed by atoms with Crippen LogP contribution in [0.2, 0.25) is 0 Å². The van der Waals surface area contributed by atoms with Gasteiger partial charge in [-0.2, -0.15) is 0 Å². The van der Waals surface area contributed by atoms with Gasteiger partial charge in [0.25, 0.3) is 0 Å². The fraction of sp³-hybridized carbons (Fsp3) is 0.895. The number of amides is 2. The molecular weight excluding hydrogens is 510 g/mol. The molecule has 0 aromatic heterocycles. The molecule has 196 valence electrons. The van der Waals surface area contributed by atoms with E-state index in [9.17, 15) is 18.7 Å². The summed E-state index contributed by atoms with van der Waals surface area (Å²) in [5.74, 6) is -0.337. The summed E-state index contributed by atoms with van der Waals surface area (Å²) in [7, 11) is 0. The van der Waals surface area contributed by atoms with Crippen LogP contribution in [0.3, 0.4) is 0 Å². The molecule has 0 rings (SSSR count). The third-order valence-corrected chi connectivity index (χ3v) is 11.5. The van der Waals surface area contributed by atoms with Gasteiger partial charge in [-0.05, 0) is 63.3 Å². The lowest BCUT2D eigenvalue weighted by Gasteiger charge is -2.15. The van der Waals surface area contributed by atoms with Crippen molar-refractivity contribution >= 4 is 48.2 Å². The third-order valence-electron chi connectivity index (χ3n) is 3.85. The first-order valence-corrected chi connectivity index (χ1v) is 17.6. The smallest absolute Gasteiger partial charge is 0.355 e. The Bertz CT molecular complexity index is 571. The Labute approximate surface area is 206 Å². The molecule has 0 spiro atoms. The summed E-state index contributed by atoms with van der Waals surface area (Å²) in [6, 6.07) is 0. The highest BCUT2D eigenvalue weighted by atomic mass is 32.7. The summed E-state index contributed by atoms with van der Waals surface area (Å²) in [4.78, 5) is 23.8. The van der Waals surface area contributed by atoms with Crippen LogP contribution in [0.25, 0.3) is 0 Å². The molecular formula is C19H40N2O8P2S2. The van der Waals surface area contributed by atoms with E-state index in [2.05, 4.69) is 10.6 Å². The van der Waals surface area contributed by atoms with Gasteiger partial charge in [-0.1, -0.05) is 19.3 Å². The molecule has 0 aliphatic carbocycles. The van der Waals surface area contributed by atoms with Gasteiger partial charge < -0.3 is 28.7 Å². The Morgan fingerprint density at radius 2 is 0.909 bits per heavy atom. The second-order valence-corrected chi connectivity index (χ2v) is 14.7. The molecule has 2 N–H and O–H groups in total. The lowest BCUT2D eigenvalue weighted by molar-refractivity contribution is -0.119. The van der Waals surface area contributed by atoms with E-state index in [-0.39, 0.29) is 49.7 Å². The van der Waals surface area contributed by atoms with Crippen LogP contribution in [0.15, 0.2) is 0 Å². The number of carbonyl (C=O) groups excluding carboxylic acids is 2. The Balaban J connectivity index is 3.76. The Hall–Kier alpha value is -0.0600. The third kappa shape index (κ3) is 17.9. The van der Waals surface area contributed by atoms with Gasteiger partial charge in [0, 0.05) is 13.1 Å². The fourth-order valence-electron chi connectivity index (χ4n) is 2.47. The number of carbonyl (C=O) groups is 2. The van der Waals surface area contributed by atoms with Crippen molar-refractivity contribution in [1.29, 1.82) is 0 Å². The summed E-state index contributed by atoms with van der Waals surface area (Å²) < 4.78 is 45.1. The average Bonchev–Trinajstić information content (AvgIpc) is 2.76. The van der Waals surface area contributed by atoms with Crippen LogP contribution in [0.4, 0.5) is 0 Å². The second-order valence-electron chi connectivity index (χ2n) is 6.58. The van der Waals surface area contributed by atoms with Crippen LogP contribution in [-0.4, -0.2) is 62.8 Å². The van der Waals surface area contributed by atoms with Gasteiger partial charge >= 0.3 is 13.6 Å². The number of hydrogen-bond acceptors (Lipinski definition) is 10. The normalized spacial score (nSPS) is 12.0. The number of nitrogens with one attached hydrogen (secondary N) is 2. The van der Waals surface area contributed by atoms with Gasteiger partial charge in [-0.25, -0.2) is 9.13 Å². The molecule has 0 aliphatic rings.